The molecule has 0 unspecified atom stereocenters. The van der Waals surface area contributed by atoms with E-state index in [0.717, 1.165) is 5.69 Å². The molecule has 1 amide bonds. The second-order valence-corrected chi connectivity index (χ2v) is 5.49. The van der Waals surface area contributed by atoms with Crippen molar-refractivity contribution in [1.82, 2.24) is 0 Å². The molecule has 1 aliphatic rings. The van der Waals surface area contributed by atoms with Crippen molar-refractivity contribution in [2.45, 2.75) is 18.9 Å². The molecule has 0 atom stereocenters. The summed E-state index contributed by atoms with van der Waals surface area (Å²) in [6.07, 6.45) is 2.57. The highest BCUT2D eigenvalue weighted by molar-refractivity contribution is 6.02. The zero-order chi connectivity index (χ0) is 16.2. The number of amides is 1. The number of aliphatic hydroxyl groups is 1. The fourth-order valence-electron chi connectivity index (χ4n) is 2.69. The molecule has 0 bridgehead atoms. The maximum atomic E-state index is 12.0. The average Bonchev–Trinajstić information content (AvgIpc) is 3.10. The highest BCUT2D eigenvalue weighted by atomic mass is 16.3. The molecular weight excluding hydrogens is 294 g/mol. The van der Waals surface area contributed by atoms with Crippen molar-refractivity contribution < 1.29 is 14.3 Å². The summed E-state index contributed by atoms with van der Waals surface area (Å²) >= 11 is 0. The van der Waals surface area contributed by atoms with Crippen LogP contribution in [-0.2, 0) is 0 Å². The van der Waals surface area contributed by atoms with Gasteiger partial charge < -0.3 is 19.7 Å². The summed E-state index contributed by atoms with van der Waals surface area (Å²) in [4.78, 5) is 14.1. The fraction of sp³-hybridized carbons (Fsp3) is 0.294. The maximum absolute atomic E-state index is 12.0. The third kappa shape index (κ3) is 3.35. The van der Waals surface area contributed by atoms with Crippen LogP contribution in [0.4, 0.5) is 11.4 Å². The summed E-state index contributed by atoms with van der Waals surface area (Å²) in [7, 11) is 0. The fourth-order valence-corrected chi connectivity index (χ4v) is 2.69. The molecule has 6 nitrogen and oxygen atoms in total. The average molecular weight is 311 g/mol. The number of furan rings is 1. The standard InChI is InChI=1S/C17H17N3O3/c18-11-12-10-13(19-17(22)16-2-1-9-23-16)3-4-15(12)20-7-5-14(21)6-8-20/h1-4,9-10,14,21H,5-8H2,(H,19,22). The van der Waals surface area contributed by atoms with E-state index >= 15 is 0 Å². The third-order valence-corrected chi connectivity index (χ3v) is 3.93. The number of piperidine rings is 1. The number of aliphatic hydroxyl groups excluding tert-OH is 1. The topological polar surface area (TPSA) is 89.5 Å². The Bertz CT molecular complexity index is 726. The number of hydrogen-bond donors (Lipinski definition) is 2. The van der Waals surface area contributed by atoms with Crippen LogP contribution < -0.4 is 10.2 Å². The number of carbonyl (C=O) groups is 1. The highest BCUT2D eigenvalue weighted by Gasteiger charge is 2.20. The molecule has 1 saturated heterocycles. The third-order valence-electron chi connectivity index (χ3n) is 3.93. The van der Waals surface area contributed by atoms with Gasteiger partial charge in [0.25, 0.3) is 5.91 Å². The first-order valence-corrected chi connectivity index (χ1v) is 7.49. The summed E-state index contributed by atoms with van der Waals surface area (Å²) in [5, 5.41) is 21.7. The van der Waals surface area contributed by atoms with Gasteiger partial charge in [0.05, 0.1) is 23.6 Å². The Kier molecular flexibility index (Phi) is 4.31. The minimum absolute atomic E-state index is 0.220. The van der Waals surface area contributed by atoms with Crippen molar-refractivity contribution in [2.75, 3.05) is 23.3 Å². The zero-order valence-corrected chi connectivity index (χ0v) is 12.5. The van der Waals surface area contributed by atoms with Crippen molar-refractivity contribution in [3.63, 3.8) is 0 Å². The Hall–Kier alpha value is -2.78. The number of nitriles is 1. The van der Waals surface area contributed by atoms with Crippen LogP contribution >= 0.6 is 0 Å². The van der Waals surface area contributed by atoms with E-state index in [1.807, 2.05) is 6.07 Å². The molecule has 0 spiro atoms. The number of benzene rings is 1. The van der Waals surface area contributed by atoms with Crippen molar-refractivity contribution in [3.05, 3.63) is 47.9 Å². The first-order valence-electron chi connectivity index (χ1n) is 7.49. The van der Waals surface area contributed by atoms with Crippen LogP contribution in [0.25, 0.3) is 0 Å². The van der Waals surface area contributed by atoms with Gasteiger partial charge in [-0.1, -0.05) is 0 Å². The lowest BCUT2D eigenvalue weighted by molar-refractivity contribution is 0.0996. The molecule has 1 fully saturated rings. The van der Waals surface area contributed by atoms with Crippen LogP contribution in [0, 0.1) is 11.3 Å². The maximum Gasteiger partial charge on any atom is 0.291 e. The van der Waals surface area contributed by atoms with Crippen LogP contribution in [0.5, 0.6) is 0 Å². The van der Waals surface area contributed by atoms with E-state index in [-0.39, 0.29) is 17.8 Å². The van der Waals surface area contributed by atoms with E-state index in [2.05, 4.69) is 16.3 Å². The van der Waals surface area contributed by atoms with Crippen molar-refractivity contribution in [3.8, 4) is 6.07 Å². The van der Waals surface area contributed by atoms with Gasteiger partial charge in [-0.15, -0.1) is 0 Å². The molecule has 0 saturated carbocycles. The minimum atomic E-state index is -0.354. The van der Waals surface area contributed by atoms with Gasteiger partial charge in [-0.25, -0.2) is 0 Å². The van der Waals surface area contributed by atoms with Gasteiger partial charge in [-0.05, 0) is 43.2 Å². The van der Waals surface area contributed by atoms with Gasteiger partial charge in [-0.3, -0.25) is 4.79 Å². The highest BCUT2D eigenvalue weighted by Crippen LogP contribution is 2.27. The molecule has 118 valence electrons. The van der Waals surface area contributed by atoms with E-state index in [1.54, 1.807) is 24.3 Å². The molecule has 2 N–H and O–H groups in total. The smallest absolute Gasteiger partial charge is 0.291 e. The summed E-state index contributed by atoms with van der Waals surface area (Å²) in [6, 6.07) is 10.6. The first-order chi connectivity index (χ1) is 11.2. The molecule has 1 aromatic heterocycles. The molecule has 0 aliphatic carbocycles. The molecule has 3 rings (SSSR count). The molecule has 1 aromatic carbocycles. The first kappa shape index (κ1) is 15.1. The van der Waals surface area contributed by atoms with Crippen LogP contribution in [0.1, 0.15) is 29.0 Å². The van der Waals surface area contributed by atoms with E-state index < -0.39 is 0 Å². The molecule has 23 heavy (non-hydrogen) atoms. The molecule has 2 heterocycles. The largest absolute Gasteiger partial charge is 0.459 e. The van der Waals surface area contributed by atoms with Crippen molar-refractivity contribution in [1.29, 1.82) is 5.26 Å². The van der Waals surface area contributed by atoms with E-state index in [4.69, 9.17) is 4.42 Å². The molecule has 2 aromatic rings. The van der Waals surface area contributed by atoms with Gasteiger partial charge in [-0.2, -0.15) is 5.26 Å². The van der Waals surface area contributed by atoms with Crippen LogP contribution in [0.3, 0.4) is 0 Å². The second-order valence-electron chi connectivity index (χ2n) is 5.49. The number of hydrogen-bond acceptors (Lipinski definition) is 5. The molecular formula is C17H17N3O3. The van der Waals surface area contributed by atoms with Crippen LogP contribution in [0.2, 0.25) is 0 Å². The Labute approximate surface area is 133 Å². The number of rotatable bonds is 3. The lowest BCUT2D eigenvalue weighted by Gasteiger charge is -2.32. The summed E-state index contributed by atoms with van der Waals surface area (Å²) in [6.45, 7) is 1.43. The summed E-state index contributed by atoms with van der Waals surface area (Å²) < 4.78 is 5.04. The van der Waals surface area contributed by atoms with Gasteiger partial charge >= 0.3 is 0 Å². The number of nitrogens with zero attached hydrogens (tertiary/aromatic N) is 2. The lowest BCUT2D eigenvalue weighted by Crippen LogP contribution is -2.36. The predicted octanol–water partition coefficient (Wildman–Crippen LogP) is 2.36. The Morgan fingerprint density at radius 2 is 2.13 bits per heavy atom. The number of carbonyl (C=O) groups excluding carboxylic acids is 1. The van der Waals surface area contributed by atoms with Crippen molar-refractivity contribution >= 4 is 17.3 Å². The van der Waals surface area contributed by atoms with Gasteiger partial charge in [0, 0.05) is 18.8 Å². The number of anilines is 2. The molecule has 6 heteroatoms. The lowest BCUT2D eigenvalue weighted by atomic mass is 10.0. The number of nitrogens with one attached hydrogen (secondary N) is 1. The Morgan fingerprint density at radius 3 is 2.78 bits per heavy atom. The minimum Gasteiger partial charge on any atom is -0.459 e. The van der Waals surface area contributed by atoms with Crippen LogP contribution in [-0.4, -0.2) is 30.2 Å². The predicted molar refractivity (Wildman–Crippen MR) is 85.3 cm³/mol. The summed E-state index contributed by atoms with van der Waals surface area (Å²) in [5.41, 5.74) is 1.87. The van der Waals surface area contributed by atoms with Crippen molar-refractivity contribution in [2.24, 2.45) is 0 Å². The van der Waals surface area contributed by atoms with Gasteiger partial charge in [0.1, 0.15) is 6.07 Å². The zero-order valence-electron chi connectivity index (χ0n) is 12.5. The Balaban J connectivity index is 1.77. The second kappa shape index (κ2) is 6.55. The van der Waals surface area contributed by atoms with E-state index in [9.17, 15) is 15.2 Å². The SMILES string of the molecule is N#Cc1cc(NC(=O)c2ccco2)ccc1N1CCC(O)CC1. The molecule has 0 radical (unpaired) electrons. The monoisotopic (exact) mass is 311 g/mol. The van der Waals surface area contributed by atoms with Crippen LogP contribution in [0.15, 0.2) is 41.0 Å². The Morgan fingerprint density at radius 1 is 1.35 bits per heavy atom. The van der Waals surface area contributed by atoms with E-state index in [0.29, 0.717) is 37.2 Å². The quantitative estimate of drug-likeness (QED) is 0.908. The van der Waals surface area contributed by atoms with E-state index in [1.165, 1.54) is 6.26 Å². The van der Waals surface area contributed by atoms with Gasteiger partial charge in [0.15, 0.2) is 5.76 Å². The summed E-state index contributed by atoms with van der Waals surface area (Å²) in [5.74, 6) is -0.134. The molecule has 1 aliphatic heterocycles. The van der Waals surface area contributed by atoms with Gasteiger partial charge in [0.2, 0.25) is 0 Å². The normalized spacial score (nSPS) is 15.2.